The fraction of sp³-hybridized carbons (Fsp3) is 0.625. The molecule has 1 aliphatic rings. The van der Waals surface area contributed by atoms with Gasteiger partial charge in [0, 0.05) is 0 Å². The smallest absolute Gasteiger partial charge is 0.122 e. The molecule has 0 radical (unpaired) electrons. The summed E-state index contributed by atoms with van der Waals surface area (Å²) in [5.74, 6) is 0.873. The van der Waals surface area contributed by atoms with Gasteiger partial charge >= 0.3 is 0 Å². The summed E-state index contributed by atoms with van der Waals surface area (Å²) < 4.78 is 11.7. The van der Waals surface area contributed by atoms with E-state index in [1.807, 2.05) is 25.1 Å². The van der Waals surface area contributed by atoms with E-state index in [0.717, 1.165) is 29.7 Å². The molecule has 3 heteroatoms. The van der Waals surface area contributed by atoms with Crippen LogP contribution in [0.25, 0.3) is 0 Å². The van der Waals surface area contributed by atoms with Gasteiger partial charge in [0.2, 0.25) is 0 Å². The van der Waals surface area contributed by atoms with Crippen LogP contribution < -0.4 is 4.74 Å². The summed E-state index contributed by atoms with van der Waals surface area (Å²) in [6, 6.07) is 5.81. The Kier molecular flexibility index (Phi) is 4.16. The summed E-state index contributed by atoms with van der Waals surface area (Å²) in [6.07, 6.45) is 1.89. The third-order valence-electron chi connectivity index (χ3n) is 3.66. The summed E-state index contributed by atoms with van der Waals surface area (Å²) in [5, 5.41) is 9.54. The molecule has 0 bridgehead atoms. The molecule has 0 aliphatic carbocycles. The fourth-order valence-electron chi connectivity index (χ4n) is 2.47. The fourth-order valence-corrected chi connectivity index (χ4v) is 2.47. The van der Waals surface area contributed by atoms with Crippen molar-refractivity contribution in [3.63, 3.8) is 0 Å². The quantitative estimate of drug-likeness (QED) is 0.906. The molecule has 0 aromatic heterocycles. The topological polar surface area (TPSA) is 38.7 Å². The predicted octanol–water partition coefficient (Wildman–Crippen LogP) is 3.38. The molecule has 2 rings (SSSR count). The first-order valence-corrected chi connectivity index (χ1v) is 6.96. The van der Waals surface area contributed by atoms with Crippen LogP contribution in [-0.4, -0.2) is 23.4 Å². The Morgan fingerprint density at radius 1 is 1.47 bits per heavy atom. The number of aryl methyl sites for hydroxylation is 1. The molecule has 106 valence electrons. The number of ether oxygens (including phenoxy) is 2. The summed E-state index contributed by atoms with van der Waals surface area (Å²) in [7, 11) is 0. The molecule has 19 heavy (non-hydrogen) atoms. The Hall–Kier alpha value is -1.06. The van der Waals surface area contributed by atoms with E-state index in [9.17, 15) is 5.11 Å². The minimum atomic E-state index is -0.438. The van der Waals surface area contributed by atoms with Crippen LogP contribution in [0.3, 0.4) is 0 Å². The van der Waals surface area contributed by atoms with Crippen molar-refractivity contribution in [2.45, 2.75) is 58.3 Å². The molecule has 1 saturated heterocycles. The van der Waals surface area contributed by atoms with E-state index in [1.54, 1.807) is 6.92 Å². The average molecular weight is 264 g/mol. The van der Waals surface area contributed by atoms with E-state index in [1.165, 1.54) is 0 Å². The molecule has 1 N–H and O–H groups in total. The van der Waals surface area contributed by atoms with E-state index in [-0.39, 0.29) is 11.7 Å². The van der Waals surface area contributed by atoms with Crippen molar-refractivity contribution in [2.24, 2.45) is 0 Å². The lowest BCUT2D eigenvalue weighted by atomic mass is 10.1. The summed E-state index contributed by atoms with van der Waals surface area (Å²) >= 11 is 0. The van der Waals surface area contributed by atoms with Gasteiger partial charge in [-0.1, -0.05) is 6.07 Å². The Morgan fingerprint density at radius 2 is 2.21 bits per heavy atom. The molecule has 2 unspecified atom stereocenters. The zero-order valence-electron chi connectivity index (χ0n) is 12.3. The van der Waals surface area contributed by atoms with Crippen molar-refractivity contribution < 1.29 is 14.6 Å². The van der Waals surface area contributed by atoms with Gasteiger partial charge in [0.05, 0.1) is 17.8 Å². The van der Waals surface area contributed by atoms with Crippen LogP contribution in [0.15, 0.2) is 18.2 Å². The molecule has 2 atom stereocenters. The van der Waals surface area contributed by atoms with E-state index < -0.39 is 6.10 Å². The zero-order chi connectivity index (χ0) is 14.0. The lowest BCUT2D eigenvalue weighted by Gasteiger charge is -2.20. The molecule has 1 fully saturated rings. The van der Waals surface area contributed by atoms with E-state index >= 15 is 0 Å². The van der Waals surface area contributed by atoms with Crippen molar-refractivity contribution in [1.29, 1.82) is 0 Å². The Bertz CT molecular complexity index is 438. The Morgan fingerprint density at radius 3 is 2.74 bits per heavy atom. The first-order valence-electron chi connectivity index (χ1n) is 6.96. The van der Waals surface area contributed by atoms with Gasteiger partial charge in [0.25, 0.3) is 0 Å². The van der Waals surface area contributed by atoms with Crippen molar-refractivity contribution in [2.75, 3.05) is 6.61 Å². The van der Waals surface area contributed by atoms with E-state index in [4.69, 9.17) is 9.47 Å². The highest BCUT2D eigenvalue weighted by molar-refractivity contribution is 5.36. The van der Waals surface area contributed by atoms with Gasteiger partial charge in [0.15, 0.2) is 0 Å². The highest BCUT2D eigenvalue weighted by atomic mass is 16.6. The van der Waals surface area contributed by atoms with Crippen LogP contribution in [0.4, 0.5) is 0 Å². The summed E-state index contributed by atoms with van der Waals surface area (Å²) in [6.45, 7) is 8.61. The zero-order valence-corrected chi connectivity index (χ0v) is 12.3. The minimum Gasteiger partial charge on any atom is -0.491 e. The maximum absolute atomic E-state index is 9.54. The SMILES string of the molecule is Cc1cc(C(C)O)ccc1OCC1CCC(C)(C)O1. The third kappa shape index (κ3) is 3.71. The Labute approximate surface area is 115 Å². The van der Waals surface area contributed by atoms with Gasteiger partial charge < -0.3 is 14.6 Å². The molecule has 0 spiro atoms. The first kappa shape index (κ1) is 14.4. The van der Waals surface area contributed by atoms with Gasteiger partial charge in [-0.15, -0.1) is 0 Å². The van der Waals surface area contributed by atoms with Crippen LogP contribution in [-0.2, 0) is 4.74 Å². The van der Waals surface area contributed by atoms with Crippen molar-refractivity contribution in [3.05, 3.63) is 29.3 Å². The van der Waals surface area contributed by atoms with Crippen LogP contribution in [0, 0.1) is 6.92 Å². The lowest BCUT2D eigenvalue weighted by Crippen LogP contribution is -2.24. The maximum atomic E-state index is 9.54. The molecular weight excluding hydrogens is 240 g/mol. The monoisotopic (exact) mass is 264 g/mol. The van der Waals surface area contributed by atoms with Gasteiger partial charge in [0.1, 0.15) is 12.4 Å². The second-order valence-electron chi connectivity index (χ2n) is 6.05. The standard InChI is InChI=1S/C16H24O3/c1-11-9-13(12(2)17)5-6-15(11)18-10-14-7-8-16(3,4)19-14/h5-6,9,12,14,17H,7-8,10H2,1-4H3. The highest BCUT2D eigenvalue weighted by Crippen LogP contribution is 2.30. The number of hydrogen-bond acceptors (Lipinski definition) is 3. The van der Waals surface area contributed by atoms with Crippen LogP contribution in [0.2, 0.25) is 0 Å². The summed E-state index contributed by atoms with van der Waals surface area (Å²) in [5.41, 5.74) is 1.96. The second-order valence-corrected chi connectivity index (χ2v) is 6.05. The van der Waals surface area contributed by atoms with Crippen molar-refractivity contribution in [3.8, 4) is 5.75 Å². The summed E-state index contributed by atoms with van der Waals surface area (Å²) in [4.78, 5) is 0. The lowest BCUT2D eigenvalue weighted by molar-refractivity contribution is -0.0327. The molecule has 0 amide bonds. The van der Waals surface area contributed by atoms with Crippen molar-refractivity contribution in [1.82, 2.24) is 0 Å². The normalized spacial score (nSPS) is 23.3. The van der Waals surface area contributed by atoms with Crippen LogP contribution in [0.5, 0.6) is 5.75 Å². The van der Waals surface area contributed by atoms with Gasteiger partial charge in [-0.25, -0.2) is 0 Å². The largest absolute Gasteiger partial charge is 0.491 e. The molecule has 0 saturated carbocycles. The number of rotatable bonds is 4. The van der Waals surface area contributed by atoms with Crippen LogP contribution in [0.1, 0.15) is 50.8 Å². The molecule has 1 aliphatic heterocycles. The molecular formula is C16H24O3. The second kappa shape index (κ2) is 5.51. The first-order chi connectivity index (χ1) is 8.87. The molecule has 1 aromatic carbocycles. The molecule has 1 aromatic rings. The third-order valence-corrected chi connectivity index (χ3v) is 3.66. The van der Waals surface area contributed by atoms with Gasteiger partial charge in [-0.3, -0.25) is 0 Å². The molecule has 3 nitrogen and oxygen atoms in total. The van der Waals surface area contributed by atoms with Crippen molar-refractivity contribution >= 4 is 0 Å². The average Bonchev–Trinajstić information content (AvgIpc) is 2.67. The predicted molar refractivity (Wildman–Crippen MR) is 75.5 cm³/mol. The van der Waals surface area contributed by atoms with E-state index in [0.29, 0.717) is 6.61 Å². The van der Waals surface area contributed by atoms with Gasteiger partial charge in [-0.2, -0.15) is 0 Å². The Balaban J connectivity index is 1.93. The number of aliphatic hydroxyl groups is 1. The van der Waals surface area contributed by atoms with Gasteiger partial charge in [-0.05, 0) is 63.8 Å². The maximum Gasteiger partial charge on any atom is 0.122 e. The van der Waals surface area contributed by atoms with E-state index in [2.05, 4.69) is 13.8 Å². The number of benzene rings is 1. The molecule has 1 heterocycles. The minimum absolute atomic E-state index is 0.0146. The highest BCUT2D eigenvalue weighted by Gasteiger charge is 2.31. The number of hydrogen-bond donors (Lipinski definition) is 1. The number of aliphatic hydroxyl groups excluding tert-OH is 1. The van der Waals surface area contributed by atoms with Crippen LogP contribution >= 0.6 is 0 Å².